The summed E-state index contributed by atoms with van der Waals surface area (Å²) in [4.78, 5) is 24.3. The number of thiophene rings is 1. The Morgan fingerprint density at radius 1 is 1.13 bits per heavy atom. The van der Waals surface area contributed by atoms with E-state index < -0.39 is 26.6 Å². The summed E-state index contributed by atoms with van der Waals surface area (Å²) in [6, 6.07) is 3.28. The molecule has 1 atom stereocenters. The van der Waals surface area contributed by atoms with Crippen LogP contribution >= 0.6 is 11.3 Å². The summed E-state index contributed by atoms with van der Waals surface area (Å²) in [6.07, 6.45) is 0.598. The van der Waals surface area contributed by atoms with E-state index in [1.807, 2.05) is 19.9 Å². The number of aryl methyl sites for hydroxylation is 1. The summed E-state index contributed by atoms with van der Waals surface area (Å²) < 4.78 is 32.1. The number of rotatable bonds is 10. The fourth-order valence-electron chi connectivity index (χ4n) is 3.26. The lowest BCUT2D eigenvalue weighted by molar-refractivity contribution is 0.434. The quantitative estimate of drug-likeness (QED) is 0.388. The number of aromatic hydroxyl groups is 1. The van der Waals surface area contributed by atoms with Gasteiger partial charge in [-0.05, 0) is 25.5 Å². The van der Waals surface area contributed by atoms with Crippen molar-refractivity contribution < 1.29 is 17.9 Å². The lowest BCUT2D eigenvalue weighted by Gasteiger charge is -2.20. The molecule has 0 aliphatic rings. The normalized spacial score (nSPS) is 13.1. The molecule has 0 aliphatic carbocycles. The zero-order valence-corrected chi connectivity index (χ0v) is 19.3. The van der Waals surface area contributed by atoms with Gasteiger partial charge in [0, 0.05) is 18.5 Å². The first kappa shape index (κ1) is 23.0. The van der Waals surface area contributed by atoms with Crippen molar-refractivity contribution in [1.29, 1.82) is 0 Å². The first-order valence-corrected chi connectivity index (χ1v) is 12.2. The van der Waals surface area contributed by atoms with Gasteiger partial charge in [0.25, 0.3) is 20.9 Å². The van der Waals surface area contributed by atoms with Crippen molar-refractivity contribution in [3.05, 3.63) is 49.5 Å². The molecule has 0 radical (unpaired) electrons. The number of furan rings is 1. The standard InChI is InChI=1S/C20H25N3O6S2/c1-5-12(14-9-8-11(4)29-14)21-15-16(19(26)18(15)25)22-13-10-30-20(17(13)24)31(27,28)23(6-2)7-3/h8-10,12,21-22,24H,5-7H2,1-4H3/t12-/m1/s1. The number of hydrogen-bond donors (Lipinski definition) is 3. The molecule has 3 N–H and O–H groups in total. The Morgan fingerprint density at radius 2 is 1.77 bits per heavy atom. The highest BCUT2D eigenvalue weighted by atomic mass is 32.2. The highest BCUT2D eigenvalue weighted by molar-refractivity contribution is 7.91. The van der Waals surface area contributed by atoms with Gasteiger partial charge in [-0.1, -0.05) is 20.8 Å². The minimum atomic E-state index is -3.86. The summed E-state index contributed by atoms with van der Waals surface area (Å²) in [5.74, 6) is 0.873. The monoisotopic (exact) mass is 467 g/mol. The van der Waals surface area contributed by atoms with E-state index in [1.54, 1.807) is 19.9 Å². The van der Waals surface area contributed by atoms with E-state index in [0.717, 1.165) is 17.1 Å². The van der Waals surface area contributed by atoms with Gasteiger partial charge in [-0.3, -0.25) is 9.59 Å². The Hall–Kier alpha value is -2.63. The SMILES string of the molecule is CC[C@@H](Nc1c(Nc2csc(S(=O)(=O)N(CC)CC)c2O)c(=O)c1=O)c1ccc(C)o1. The molecule has 31 heavy (non-hydrogen) atoms. The van der Waals surface area contributed by atoms with Gasteiger partial charge in [0.05, 0.1) is 11.7 Å². The molecule has 2 aromatic heterocycles. The zero-order valence-electron chi connectivity index (χ0n) is 17.7. The summed E-state index contributed by atoms with van der Waals surface area (Å²) in [5.41, 5.74) is -1.33. The Balaban J connectivity index is 1.89. The first-order chi connectivity index (χ1) is 14.6. The van der Waals surface area contributed by atoms with Crippen molar-refractivity contribution in [1.82, 2.24) is 4.31 Å². The van der Waals surface area contributed by atoms with Gasteiger partial charge in [0.2, 0.25) is 0 Å². The van der Waals surface area contributed by atoms with Gasteiger partial charge in [-0.2, -0.15) is 4.31 Å². The first-order valence-electron chi connectivity index (χ1n) is 9.89. The lowest BCUT2D eigenvalue weighted by Crippen LogP contribution is -2.37. The molecule has 168 valence electrons. The van der Waals surface area contributed by atoms with Gasteiger partial charge in [0.1, 0.15) is 22.9 Å². The molecule has 0 spiro atoms. The van der Waals surface area contributed by atoms with Crippen LogP contribution in [0.4, 0.5) is 17.1 Å². The minimum Gasteiger partial charge on any atom is -0.504 e. The molecule has 0 unspecified atom stereocenters. The molecule has 3 aromatic rings. The molecule has 9 nitrogen and oxygen atoms in total. The van der Waals surface area contributed by atoms with E-state index in [0.29, 0.717) is 12.2 Å². The molecule has 0 aliphatic heterocycles. The van der Waals surface area contributed by atoms with Crippen LogP contribution in [0.1, 0.15) is 44.8 Å². The van der Waals surface area contributed by atoms with E-state index in [-0.39, 0.29) is 40.4 Å². The number of hydrogen-bond acceptors (Lipinski definition) is 9. The Bertz CT molecular complexity index is 1250. The fraction of sp³-hybridized carbons (Fsp3) is 0.400. The number of sulfonamides is 1. The highest BCUT2D eigenvalue weighted by Gasteiger charge is 2.30. The van der Waals surface area contributed by atoms with Gasteiger partial charge >= 0.3 is 0 Å². The average Bonchev–Trinajstić information content (AvgIpc) is 3.33. The van der Waals surface area contributed by atoms with E-state index in [1.165, 1.54) is 9.69 Å². The van der Waals surface area contributed by atoms with Gasteiger partial charge in [0.15, 0.2) is 9.96 Å². The topological polar surface area (TPSA) is 129 Å². The third-order valence-electron chi connectivity index (χ3n) is 5.01. The third kappa shape index (κ3) is 4.12. The summed E-state index contributed by atoms with van der Waals surface area (Å²) in [6.45, 7) is 7.65. The molecule has 1 aromatic carbocycles. The number of anilines is 3. The molecule has 2 heterocycles. The van der Waals surface area contributed by atoms with Crippen LogP contribution < -0.4 is 21.5 Å². The largest absolute Gasteiger partial charge is 0.504 e. The van der Waals surface area contributed by atoms with Crippen LogP contribution in [0.5, 0.6) is 5.75 Å². The molecular formula is C20H25N3O6S2. The lowest BCUT2D eigenvalue weighted by atomic mass is 10.1. The van der Waals surface area contributed by atoms with Crippen LogP contribution in [-0.4, -0.2) is 30.9 Å². The van der Waals surface area contributed by atoms with Gasteiger partial charge in [-0.25, -0.2) is 8.42 Å². The molecule has 0 saturated heterocycles. The van der Waals surface area contributed by atoms with Crippen LogP contribution in [-0.2, 0) is 10.0 Å². The molecular weight excluding hydrogens is 442 g/mol. The molecule has 3 rings (SSSR count). The smallest absolute Gasteiger partial charge is 0.256 e. The van der Waals surface area contributed by atoms with E-state index in [9.17, 15) is 23.1 Å². The molecule has 0 bridgehead atoms. The molecule has 0 amide bonds. The Labute approximate surface area is 184 Å². The summed E-state index contributed by atoms with van der Waals surface area (Å²) in [5, 5.41) is 17.7. The van der Waals surface area contributed by atoms with Crippen LogP contribution in [0.15, 0.2) is 35.7 Å². The second-order valence-electron chi connectivity index (χ2n) is 6.96. The number of nitrogens with one attached hydrogen (secondary N) is 2. The average molecular weight is 468 g/mol. The van der Waals surface area contributed by atoms with E-state index in [4.69, 9.17) is 4.42 Å². The maximum Gasteiger partial charge on any atom is 0.256 e. The van der Waals surface area contributed by atoms with Crippen molar-refractivity contribution in [3.63, 3.8) is 0 Å². The van der Waals surface area contributed by atoms with Crippen molar-refractivity contribution in [2.24, 2.45) is 0 Å². The predicted octanol–water partition coefficient (Wildman–Crippen LogP) is 3.29. The molecule has 11 heteroatoms. The number of nitrogens with zero attached hydrogens (tertiary/aromatic N) is 1. The second-order valence-corrected chi connectivity index (χ2v) is 9.97. The highest BCUT2D eigenvalue weighted by Crippen LogP contribution is 2.41. The van der Waals surface area contributed by atoms with Crippen molar-refractivity contribution >= 4 is 38.4 Å². The zero-order chi connectivity index (χ0) is 22.9. The van der Waals surface area contributed by atoms with Gasteiger partial charge < -0.3 is 20.2 Å². The maximum absolute atomic E-state index is 12.7. The van der Waals surface area contributed by atoms with E-state index >= 15 is 0 Å². The maximum atomic E-state index is 12.7. The van der Waals surface area contributed by atoms with Crippen LogP contribution in [0, 0.1) is 6.92 Å². The summed E-state index contributed by atoms with van der Waals surface area (Å²) >= 11 is 0.844. The van der Waals surface area contributed by atoms with Crippen molar-refractivity contribution in [2.75, 3.05) is 23.7 Å². The third-order valence-corrected chi connectivity index (χ3v) is 8.55. The fourth-order valence-corrected chi connectivity index (χ4v) is 6.09. The molecule has 0 fully saturated rings. The van der Waals surface area contributed by atoms with Crippen LogP contribution in [0.25, 0.3) is 0 Å². The van der Waals surface area contributed by atoms with Crippen molar-refractivity contribution in [2.45, 2.75) is 44.4 Å². The second kappa shape index (κ2) is 8.85. The van der Waals surface area contributed by atoms with Crippen molar-refractivity contribution in [3.8, 4) is 5.75 Å². The Kier molecular flexibility index (Phi) is 6.58. The predicted molar refractivity (Wildman–Crippen MR) is 121 cm³/mol. The Morgan fingerprint density at radius 3 is 2.32 bits per heavy atom. The molecule has 0 saturated carbocycles. The minimum absolute atomic E-state index is 0.0217. The summed E-state index contributed by atoms with van der Waals surface area (Å²) in [7, 11) is -3.86. The van der Waals surface area contributed by atoms with Gasteiger partial charge in [-0.15, -0.1) is 11.3 Å². The van der Waals surface area contributed by atoms with E-state index in [2.05, 4.69) is 10.6 Å². The van der Waals surface area contributed by atoms with Crippen LogP contribution in [0.3, 0.4) is 0 Å². The van der Waals surface area contributed by atoms with Crippen LogP contribution in [0.2, 0.25) is 0 Å².